The third-order valence-electron chi connectivity index (χ3n) is 1.97. The Morgan fingerprint density at radius 1 is 1.67 bits per heavy atom. The van der Waals surface area contributed by atoms with Crippen LogP contribution in [0.5, 0.6) is 0 Å². The van der Waals surface area contributed by atoms with E-state index < -0.39 is 12.0 Å². The highest BCUT2D eigenvalue weighted by Gasteiger charge is 2.23. The van der Waals surface area contributed by atoms with Gasteiger partial charge in [-0.1, -0.05) is 13.8 Å². The summed E-state index contributed by atoms with van der Waals surface area (Å²) in [7, 11) is 2.95. The lowest BCUT2D eigenvalue weighted by Crippen LogP contribution is -2.36. The molecule has 0 heterocycles. The Balaban J connectivity index is 4.09. The number of rotatable bonds is 4. The molecule has 0 fully saturated rings. The minimum absolute atomic E-state index is 0.202. The zero-order valence-corrected chi connectivity index (χ0v) is 8.07. The van der Waals surface area contributed by atoms with Gasteiger partial charge in [-0.15, -0.1) is 0 Å². The number of aliphatic hydroxyl groups excluding tert-OH is 1. The molecule has 1 N–H and O–H groups in total. The summed E-state index contributed by atoms with van der Waals surface area (Å²) in [6.45, 7) is 3.52. The maximum Gasteiger partial charge on any atom is 0.251 e. The predicted octanol–water partition coefficient (Wildman–Crippen LogP) is 0.413. The van der Waals surface area contributed by atoms with E-state index in [1.165, 1.54) is 14.2 Å². The van der Waals surface area contributed by atoms with Crippen LogP contribution < -0.4 is 0 Å². The molecule has 72 valence electrons. The van der Waals surface area contributed by atoms with Gasteiger partial charge in [0.25, 0.3) is 5.91 Å². The molecule has 0 aliphatic heterocycles. The van der Waals surface area contributed by atoms with Crippen LogP contribution in [0, 0.1) is 5.92 Å². The number of hydrogen-bond acceptors (Lipinski definition) is 3. The minimum Gasteiger partial charge on any atom is -0.392 e. The largest absolute Gasteiger partial charge is 0.392 e. The molecule has 2 unspecified atom stereocenters. The molecule has 0 spiro atoms. The van der Waals surface area contributed by atoms with Gasteiger partial charge in [0.15, 0.2) is 0 Å². The van der Waals surface area contributed by atoms with Gasteiger partial charge in [-0.2, -0.15) is 0 Å². The molecule has 4 nitrogen and oxygen atoms in total. The summed E-state index contributed by atoms with van der Waals surface area (Å²) < 4.78 is 0. The molecular formula is C8H17NO3. The van der Waals surface area contributed by atoms with Crippen molar-refractivity contribution in [1.29, 1.82) is 0 Å². The lowest BCUT2D eigenvalue weighted by Gasteiger charge is -2.21. The Morgan fingerprint density at radius 2 is 2.17 bits per heavy atom. The molecule has 12 heavy (non-hydrogen) atoms. The van der Waals surface area contributed by atoms with Gasteiger partial charge in [-0.05, 0) is 6.42 Å². The van der Waals surface area contributed by atoms with Crippen LogP contribution in [-0.4, -0.2) is 36.3 Å². The normalized spacial score (nSPS) is 15.4. The van der Waals surface area contributed by atoms with Crippen LogP contribution in [0.3, 0.4) is 0 Å². The van der Waals surface area contributed by atoms with Crippen molar-refractivity contribution >= 4 is 5.91 Å². The molecule has 0 rings (SSSR count). The van der Waals surface area contributed by atoms with Gasteiger partial charge in [0.2, 0.25) is 0 Å². The van der Waals surface area contributed by atoms with Crippen LogP contribution in [0.15, 0.2) is 0 Å². The maximum absolute atomic E-state index is 11.3. The fraction of sp³-hybridized carbons (Fsp3) is 0.875. The second-order valence-electron chi connectivity index (χ2n) is 2.78. The van der Waals surface area contributed by atoms with Crippen LogP contribution in [0.1, 0.15) is 20.3 Å². The van der Waals surface area contributed by atoms with Gasteiger partial charge in [-0.3, -0.25) is 9.63 Å². The number of hydrogen-bond donors (Lipinski definition) is 1. The van der Waals surface area contributed by atoms with E-state index in [0.29, 0.717) is 6.42 Å². The first-order valence-corrected chi connectivity index (χ1v) is 4.04. The van der Waals surface area contributed by atoms with Gasteiger partial charge in [-0.25, -0.2) is 5.06 Å². The van der Waals surface area contributed by atoms with Gasteiger partial charge in [0.05, 0.1) is 19.1 Å². The van der Waals surface area contributed by atoms with Crippen LogP contribution in [-0.2, 0) is 9.63 Å². The zero-order valence-electron chi connectivity index (χ0n) is 8.07. The van der Waals surface area contributed by atoms with Gasteiger partial charge in [0.1, 0.15) is 0 Å². The quantitative estimate of drug-likeness (QED) is 0.630. The molecule has 0 bridgehead atoms. The van der Waals surface area contributed by atoms with Crippen molar-refractivity contribution in [2.24, 2.45) is 5.92 Å². The van der Waals surface area contributed by atoms with E-state index in [1.807, 2.05) is 6.92 Å². The average Bonchev–Trinajstić information content (AvgIpc) is 2.12. The highest BCUT2D eigenvalue weighted by Crippen LogP contribution is 2.09. The standard InChI is InChI=1S/C8H17NO3/c1-5-7(10)6(2)8(11)9(3)12-4/h6-7,10H,5H2,1-4H3. The monoisotopic (exact) mass is 175 g/mol. The SMILES string of the molecule is CCC(O)C(C)C(=O)N(C)OC. The van der Waals surface area contributed by atoms with Gasteiger partial charge >= 0.3 is 0 Å². The van der Waals surface area contributed by atoms with E-state index in [4.69, 9.17) is 4.84 Å². The topological polar surface area (TPSA) is 49.8 Å². The Hall–Kier alpha value is -0.610. The first-order chi connectivity index (χ1) is 5.54. The summed E-state index contributed by atoms with van der Waals surface area (Å²) in [4.78, 5) is 16.0. The Labute approximate surface area is 73.1 Å². The molecular weight excluding hydrogens is 158 g/mol. The van der Waals surface area contributed by atoms with Crippen molar-refractivity contribution in [3.63, 3.8) is 0 Å². The summed E-state index contributed by atoms with van der Waals surface area (Å²) in [6.07, 6.45) is -0.0140. The van der Waals surface area contributed by atoms with E-state index >= 15 is 0 Å². The van der Waals surface area contributed by atoms with Crippen molar-refractivity contribution in [3.05, 3.63) is 0 Å². The molecule has 0 aliphatic rings. The average molecular weight is 175 g/mol. The lowest BCUT2D eigenvalue weighted by molar-refractivity contribution is -0.176. The molecule has 4 heteroatoms. The number of hydroxylamine groups is 2. The third kappa shape index (κ3) is 2.79. The molecule has 0 aromatic carbocycles. The molecule has 0 aromatic rings. The van der Waals surface area contributed by atoms with Crippen LogP contribution in [0.25, 0.3) is 0 Å². The summed E-state index contributed by atoms with van der Waals surface area (Å²) in [5.41, 5.74) is 0. The fourth-order valence-corrected chi connectivity index (χ4v) is 0.895. The van der Waals surface area contributed by atoms with E-state index in [9.17, 15) is 9.90 Å². The van der Waals surface area contributed by atoms with Gasteiger partial charge < -0.3 is 5.11 Å². The Bertz CT molecular complexity index is 149. The van der Waals surface area contributed by atoms with E-state index in [1.54, 1.807) is 6.92 Å². The first kappa shape index (κ1) is 11.4. The summed E-state index contributed by atoms with van der Waals surface area (Å²) >= 11 is 0. The number of carbonyl (C=O) groups is 1. The van der Waals surface area contributed by atoms with Crippen molar-refractivity contribution in [3.8, 4) is 0 Å². The molecule has 0 saturated carbocycles. The van der Waals surface area contributed by atoms with Crippen molar-refractivity contribution < 1.29 is 14.7 Å². The van der Waals surface area contributed by atoms with E-state index in [0.717, 1.165) is 5.06 Å². The molecule has 0 aromatic heterocycles. The van der Waals surface area contributed by atoms with Crippen LogP contribution in [0.4, 0.5) is 0 Å². The molecule has 2 atom stereocenters. The summed E-state index contributed by atoms with van der Waals surface area (Å²) in [5.74, 6) is -0.605. The molecule has 0 radical (unpaired) electrons. The third-order valence-corrected chi connectivity index (χ3v) is 1.97. The predicted molar refractivity (Wildman–Crippen MR) is 45.2 cm³/mol. The number of aliphatic hydroxyl groups is 1. The first-order valence-electron chi connectivity index (χ1n) is 4.04. The maximum atomic E-state index is 11.3. The minimum atomic E-state index is -0.588. The Morgan fingerprint density at radius 3 is 2.50 bits per heavy atom. The van der Waals surface area contributed by atoms with E-state index in [2.05, 4.69) is 0 Å². The van der Waals surface area contributed by atoms with Crippen molar-refractivity contribution in [2.45, 2.75) is 26.4 Å². The smallest absolute Gasteiger partial charge is 0.251 e. The van der Waals surface area contributed by atoms with Crippen LogP contribution >= 0.6 is 0 Å². The highest BCUT2D eigenvalue weighted by atomic mass is 16.7. The summed E-state index contributed by atoms with van der Waals surface area (Å²) in [6, 6.07) is 0. The second kappa shape index (κ2) is 5.11. The molecule has 0 aliphatic carbocycles. The number of nitrogens with zero attached hydrogens (tertiary/aromatic N) is 1. The fourth-order valence-electron chi connectivity index (χ4n) is 0.895. The number of carbonyl (C=O) groups excluding carboxylic acids is 1. The van der Waals surface area contributed by atoms with Gasteiger partial charge in [0, 0.05) is 7.05 Å². The van der Waals surface area contributed by atoms with Crippen molar-refractivity contribution in [2.75, 3.05) is 14.2 Å². The highest BCUT2D eigenvalue weighted by molar-refractivity contribution is 5.77. The second-order valence-corrected chi connectivity index (χ2v) is 2.78. The molecule has 0 saturated heterocycles. The van der Waals surface area contributed by atoms with Crippen LogP contribution in [0.2, 0.25) is 0 Å². The number of amides is 1. The van der Waals surface area contributed by atoms with E-state index in [-0.39, 0.29) is 5.91 Å². The molecule has 1 amide bonds. The van der Waals surface area contributed by atoms with Crippen molar-refractivity contribution in [1.82, 2.24) is 5.06 Å². The summed E-state index contributed by atoms with van der Waals surface area (Å²) in [5, 5.41) is 10.5. The Kier molecular flexibility index (Phi) is 4.85. The lowest BCUT2D eigenvalue weighted by atomic mass is 10.0. The zero-order chi connectivity index (χ0) is 9.72.